The Morgan fingerprint density at radius 3 is 2.32 bits per heavy atom. The van der Waals surface area contributed by atoms with Crippen LogP contribution in [0.4, 0.5) is 18.9 Å². The van der Waals surface area contributed by atoms with Gasteiger partial charge in [-0.25, -0.2) is 9.78 Å². The summed E-state index contributed by atoms with van der Waals surface area (Å²) in [5.41, 5.74) is 6.80. The van der Waals surface area contributed by atoms with E-state index in [2.05, 4.69) is 14.5 Å². The van der Waals surface area contributed by atoms with Crippen molar-refractivity contribution >= 4 is 11.7 Å². The monoisotopic (exact) mass is 312 g/mol. The first kappa shape index (κ1) is 15.6. The van der Waals surface area contributed by atoms with Gasteiger partial charge in [0.25, 0.3) is 0 Å². The fourth-order valence-corrected chi connectivity index (χ4v) is 1.73. The lowest BCUT2D eigenvalue weighted by molar-refractivity contribution is -0.274. The molecule has 2 rings (SSSR count). The predicted octanol–water partition coefficient (Wildman–Crippen LogP) is 3.02. The predicted molar refractivity (Wildman–Crippen MR) is 72.1 cm³/mol. The standard InChI is InChI=1S/C14H11F3N2O3/c1-21-13(20)11-7-6-10(18)12(19-11)8-2-4-9(5-3-8)22-14(15,16)17/h2-7H,18H2,1H3. The van der Waals surface area contributed by atoms with Gasteiger partial charge in [-0.3, -0.25) is 0 Å². The number of alkyl halides is 3. The van der Waals surface area contributed by atoms with Crippen LogP contribution in [0.15, 0.2) is 36.4 Å². The zero-order chi connectivity index (χ0) is 16.3. The second-order valence-corrected chi connectivity index (χ2v) is 4.20. The van der Waals surface area contributed by atoms with E-state index in [4.69, 9.17) is 5.73 Å². The largest absolute Gasteiger partial charge is 0.573 e. The van der Waals surface area contributed by atoms with Crippen LogP contribution in [0, 0.1) is 0 Å². The number of benzene rings is 1. The molecule has 0 spiro atoms. The number of hydrogen-bond acceptors (Lipinski definition) is 5. The average molecular weight is 312 g/mol. The Morgan fingerprint density at radius 2 is 1.77 bits per heavy atom. The van der Waals surface area contributed by atoms with Gasteiger partial charge >= 0.3 is 12.3 Å². The molecule has 0 aliphatic carbocycles. The molecule has 2 aromatic rings. The van der Waals surface area contributed by atoms with E-state index >= 15 is 0 Å². The summed E-state index contributed by atoms with van der Waals surface area (Å²) < 4.78 is 44.6. The van der Waals surface area contributed by atoms with Gasteiger partial charge in [0, 0.05) is 5.56 Å². The number of aromatic nitrogens is 1. The Labute approximate surface area is 123 Å². The average Bonchev–Trinajstić information content (AvgIpc) is 2.46. The summed E-state index contributed by atoms with van der Waals surface area (Å²) in [5.74, 6) is -1.00. The number of nitrogen functional groups attached to an aromatic ring is 1. The van der Waals surface area contributed by atoms with Crippen molar-refractivity contribution in [1.29, 1.82) is 0 Å². The van der Waals surface area contributed by atoms with E-state index in [9.17, 15) is 18.0 Å². The third-order valence-electron chi connectivity index (χ3n) is 2.68. The third-order valence-corrected chi connectivity index (χ3v) is 2.68. The van der Waals surface area contributed by atoms with Crippen LogP contribution in [0.2, 0.25) is 0 Å². The minimum absolute atomic E-state index is 0.0438. The van der Waals surface area contributed by atoms with Crippen LogP contribution >= 0.6 is 0 Å². The molecule has 2 N–H and O–H groups in total. The van der Waals surface area contributed by atoms with E-state index < -0.39 is 12.3 Å². The van der Waals surface area contributed by atoms with Gasteiger partial charge in [0.2, 0.25) is 0 Å². The normalized spacial score (nSPS) is 11.1. The van der Waals surface area contributed by atoms with Crippen molar-refractivity contribution in [1.82, 2.24) is 4.98 Å². The molecule has 8 heteroatoms. The molecule has 0 aliphatic heterocycles. The van der Waals surface area contributed by atoms with Crippen molar-refractivity contribution in [2.75, 3.05) is 12.8 Å². The van der Waals surface area contributed by atoms with Crippen LogP contribution in [0.5, 0.6) is 5.75 Å². The summed E-state index contributed by atoms with van der Waals surface area (Å²) in [6, 6.07) is 7.85. The lowest BCUT2D eigenvalue weighted by atomic mass is 10.1. The maximum atomic E-state index is 12.1. The molecule has 1 heterocycles. The zero-order valence-electron chi connectivity index (χ0n) is 11.3. The number of hydrogen-bond donors (Lipinski definition) is 1. The highest BCUT2D eigenvalue weighted by Crippen LogP contribution is 2.28. The molecule has 0 saturated heterocycles. The van der Waals surface area contributed by atoms with Gasteiger partial charge in [-0.05, 0) is 36.4 Å². The van der Waals surface area contributed by atoms with Gasteiger partial charge in [0.1, 0.15) is 11.4 Å². The number of esters is 1. The molecule has 116 valence electrons. The number of rotatable bonds is 3. The minimum atomic E-state index is -4.76. The van der Waals surface area contributed by atoms with Crippen LogP contribution in [0.25, 0.3) is 11.3 Å². The summed E-state index contributed by atoms with van der Waals surface area (Å²) in [4.78, 5) is 15.5. The second-order valence-electron chi connectivity index (χ2n) is 4.20. The van der Waals surface area contributed by atoms with Crippen molar-refractivity contribution < 1.29 is 27.4 Å². The molecule has 0 atom stereocenters. The molecule has 22 heavy (non-hydrogen) atoms. The number of halogens is 3. The van der Waals surface area contributed by atoms with Crippen LogP contribution in [0.1, 0.15) is 10.5 Å². The molecule has 0 aliphatic rings. The number of ether oxygens (including phenoxy) is 2. The van der Waals surface area contributed by atoms with Gasteiger partial charge in [0.05, 0.1) is 18.5 Å². The number of nitrogens with zero attached hydrogens (tertiary/aromatic N) is 1. The molecule has 0 bridgehead atoms. The van der Waals surface area contributed by atoms with E-state index in [-0.39, 0.29) is 22.8 Å². The summed E-state index contributed by atoms with van der Waals surface area (Å²) in [5, 5.41) is 0. The molecular weight excluding hydrogens is 301 g/mol. The maximum absolute atomic E-state index is 12.1. The van der Waals surface area contributed by atoms with Crippen LogP contribution in [-0.4, -0.2) is 24.4 Å². The molecular formula is C14H11F3N2O3. The summed E-state index contributed by atoms with van der Waals surface area (Å²) >= 11 is 0. The highest BCUT2D eigenvalue weighted by molar-refractivity contribution is 5.89. The quantitative estimate of drug-likeness (QED) is 0.882. The molecule has 0 unspecified atom stereocenters. The van der Waals surface area contributed by atoms with E-state index in [0.29, 0.717) is 5.56 Å². The van der Waals surface area contributed by atoms with Crippen molar-refractivity contribution in [3.8, 4) is 17.0 Å². The number of pyridine rings is 1. The van der Waals surface area contributed by atoms with Gasteiger partial charge in [-0.15, -0.1) is 13.2 Å². The van der Waals surface area contributed by atoms with E-state index in [1.165, 1.54) is 31.4 Å². The minimum Gasteiger partial charge on any atom is -0.464 e. The van der Waals surface area contributed by atoms with Gasteiger partial charge in [-0.1, -0.05) is 0 Å². The van der Waals surface area contributed by atoms with Crippen molar-refractivity contribution in [2.45, 2.75) is 6.36 Å². The summed E-state index contributed by atoms with van der Waals surface area (Å²) in [6.07, 6.45) is -4.76. The Morgan fingerprint density at radius 1 is 1.14 bits per heavy atom. The Kier molecular flexibility index (Phi) is 4.20. The number of nitrogens with two attached hydrogens (primary N) is 1. The first-order valence-corrected chi connectivity index (χ1v) is 6.01. The zero-order valence-corrected chi connectivity index (χ0v) is 11.3. The highest BCUT2D eigenvalue weighted by atomic mass is 19.4. The Bertz CT molecular complexity index is 685. The van der Waals surface area contributed by atoms with Crippen LogP contribution < -0.4 is 10.5 Å². The first-order chi connectivity index (χ1) is 10.3. The lowest BCUT2D eigenvalue weighted by Crippen LogP contribution is -2.16. The topological polar surface area (TPSA) is 74.4 Å². The van der Waals surface area contributed by atoms with Gasteiger partial charge < -0.3 is 15.2 Å². The lowest BCUT2D eigenvalue weighted by Gasteiger charge is -2.10. The van der Waals surface area contributed by atoms with Crippen LogP contribution in [-0.2, 0) is 4.74 Å². The number of carbonyl (C=O) groups excluding carboxylic acids is 1. The second kappa shape index (κ2) is 5.92. The number of carbonyl (C=O) groups is 1. The maximum Gasteiger partial charge on any atom is 0.573 e. The molecule has 1 aromatic heterocycles. The number of anilines is 1. The number of methoxy groups -OCH3 is 1. The molecule has 0 saturated carbocycles. The molecule has 5 nitrogen and oxygen atoms in total. The molecule has 0 radical (unpaired) electrons. The van der Waals surface area contributed by atoms with Crippen molar-refractivity contribution in [2.24, 2.45) is 0 Å². The molecule has 1 aromatic carbocycles. The van der Waals surface area contributed by atoms with Gasteiger partial charge in [-0.2, -0.15) is 0 Å². The van der Waals surface area contributed by atoms with Crippen molar-refractivity contribution in [3.63, 3.8) is 0 Å². The van der Waals surface area contributed by atoms with Crippen molar-refractivity contribution in [3.05, 3.63) is 42.1 Å². The molecule has 0 amide bonds. The fourth-order valence-electron chi connectivity index (χ4n) is 1.73. The van der Waals surface area contributed by atoms with Gasteiger partial charge in [0.15, 0.2) is 0 Å². The highest BCUT2D eigenvalue weighted by Gasteiger charge is 2.31. The van der Waals surface area contributed by atoms with E-state index in [1.54, 1.807) is 0 Å². The van der Waals surface area contributed by atoms with Crippen LogP contribution in [0.3, 0.4) is 0 Å². The summed E-state index contributed by atoms with van der Waals surface area (Å²) in [6.45, 7) is 0. The Balaban J connectivity index is 2.33. The Hall–Kier alpha value is -2.77. The fraction of sp³-hybridized carbons (Fsp3) is 0.143. The SMILES string of the molecule is COC(=O)c1ccc(N)c(-c2ccc(OC(F)(F)F)cc2)n1. The summed E-state index contributed by atoms with van der Waals surface area (Å²) in [7, 11) is 1.21. The first-order valence-electron chi connectivity index (χ1n) is 6.01. The van der Waals surface area contributed by atoms with E-state index in [0.717, 1.165) is 12.1 Å². The molecule has 0 fully saturated rings. The third kappa shape index (κ3) is 3.66. The smallest absolute Gasteiger partial charge is 0.464 e. The van der Waals surface area contributed by atoms with E-state index in [1.807, 2.05) is 0 Å².